The molecule has 0 rings (SSSR count). The summed E-state index contributed by atoms with van der Waals surface area (Å²) in [6.45, 7) is 5.31. The number of rotatable bonds is 50. The SMILES string of the molecule is CCCCCCCCCCCCCCCCCCO.CCCCCCCCCCCCCCCCO.O=C(O)CC(O)(CC(=O)O)C(=O)O.O=C(O)CC(O)(CC(=O)O)C(=O)O.O=C(O)CC(O)(CC(=O)O)C(=O)O.O=C([O-])CC(O)(CC(=O)[O-])C(=O)[O-].[Na+].[Na+].[Na+]. The number of carboxylic acids is 12. The third-order valence-electron chi connectivity index (χ3n) is 12.6. The van der Waals surface area contributed by atoms with Crippen LogP contribution in [0.5, 0.6) is 0 Å². The fraction of sp³-hybridized carbons (Fsp3) is 0.793. The monoisotopic (exact) mass is 1350 g/mol. The molecule has 0 aromatic rings. The molecule has 0 aliphatic rings. The minimum absolute atomic E-state index is 0. The number of hydrogen-bond donors (Lipinski definition) is 15. The van der Waals surface area contributed by atoms with Gasteiger partial charge in [-0.15, -0.1) is 0 Å². The summed E-state index contributed by atoms with van der Waals surface area (Å²) < 4.78 is 0. The van der Waals surface area contributed by atoms with E-state index in [0.717, 1.165) is 12.8 Å². The number of hydrogen-bond acceptors (Lipinski definition) is 21. The third kappa shape index (κ3) is 75.3. The molecular weight excluding hydrogens is 1250 g/mol. The van der Waals surface area contributed by atoms with Gasteiger partial charge in [-0.05, 0) is 12.8 Å². The van der Waals surface area contributed by atoms with Gasteiger partial charge >= 0.3 is 142 Å². The Labute approximate surface area is 598 Å². The zero-order valence-electron chi connectivity index (χ0n) is 54.1. The van der Waals surface area contributed by atoms with E-state index in [2.05, 4.69) is 13.8 Å². The van der Waals surface area contributed by atoms with Gasteiger partial charge in [-0.25, -0.2) is 14.4 Å². The van der Waals surface area contributed by atoms with Crippen LogP contribution in [0.2, 0.25) is 0 Å². The second-order valence-corrected chi connectivity index (χ2v) is 21.2. The number of aliphatic hydroxyl groups is 6. The Kier molecular flexibility index (Phi) is 79.1. The normalized spacial score (nSPS) is 10.5. The Morgan fingerprint density at radius 1 is 0.253 bits per heavy atom. The first-order valence-electron chi connectivity index (χ1n) is 29.7. The van der Waals surface area contributed by atoms with Crippen LogP contribution < -0.4 is 104 Å². The van der Waals surface area contributed by atoms with E-state index < -0.39 is 145 Å². The zero-order valence-corrected chi connectivity index (χ0v) is 60.1. The summed E-state index contributed by atoms with van der Waals surface area (Å²) in [5, 5.41) is 158. The molecule has 0 spiro atoms. The van der Waals surface area contributed by atoms with Gasteiger partial charge in [0.2, 0.25) is 0 Å². The molecule has 0 aromatic heterocycles. The van der Waals surface area contributed by atoms with Crippen molar-refractivity contribution in [3.8, 4) is 0 Å². The number of unbranched alkanes of at least 4 members (excludes halogenated alkanes) is 28. The third-order valence-corrected chi connectivity index (χ3v) is 12.6. The molecule has 0 bridgehead atoms. The molecule has 0 aliphatic heterocycles. The number of aliphatic hydroxyl groups excluding tert-OH is 2. The molecule has 0 saturated carbocycles. The molecule has 30 nitrogen and oxygen atoms in total. The van der Waals surface area contributed by atoms with Crippen molar-refractivity contribution >= 4 is 71.6 Å². The van der Waals surface area contributed by atoms with Gasteiger partial charge in [0.25, 0.3) is 0 Å². The Balaban J connectivity index is -0.000000127. The number of carbonyl (C=O) groups is 12. The molecule has 15 N–H and O–H groups in total. The fourth-order valence-electron chi connectivity index (χ4n) is 7.79. The van der Waals surface area contributed by atoms with Gasteiger partial charge < -0.3 is 106 Å². The van der Waals surface area contributed by atoms with Gasteiger partial charge in [-0.2, -0.15) is 0 Å². The summed E-state index contributed by atoms with van der Waals surface area (Å²) >= 11 is 0. The average Bonchev–Trinajstić information content (AvgIpc) is 3.44. The Hall–Kier alpha value is -3.60. The molecule has 0 saturated heterocycles. The van der Waals surface area contributed by atoms with E-state index in [-0.39, 0.29) is 88.7 Å². The van der Waals surface area contributed by atoms with Gasteiger partial charge in [0.05, 0.1) is 44.5 Å². The maximum atomic E-state index is 10.3. The van der Waals surface area contributed by atoms with Crippen molar-refractivity contribution in [1.29, 1.82) is 0 Å². The van der Waals surface area contributed by atoms with Crippen molar-refractivity contribution in [1.82, 2.24) is 0 Å². The molecule has 0 amide bonds. The van der Waals surface area contributed by atoms with Gasteiger partial charge in [0.1, 0.15) is 5.60 Å². The molecule has 0 fully saturated rings. The average molecular weight is 1350 g/mol. The first kappa shape index (κ1) is 106. The molecule has 33 heteroatoms. The minimum Gasteiger partial charge on any atom is -0.550 e. The second kappa shape index (κ2) is 67.8. The van der Waals surface area contributed by atoms with Crippen LogP contribution in [0.1, 0.15) is 258 Å². The number of carbonyl (C=O) groups excluding carboxylic acids is 3. The Morgan fingerprint density at radius 2 is 0.396 bits per heavy atom. The van der Waals surface area contributed by atoms with E-state index in [9.17, 15) is 72.9 Å². The van der Waals surface area contributed by atoms with Crippen LogP contribution in [-0.4, -0.2) is 184 Å². The summed E-state index contributed by atoms with van der Waals surface area (Å²) in [6.07, 6.45) is 31.8. The van der Waals surface area contributed by atoms with E-state index >= 15 is 0 Å². The van der Waals surface area contributed by atoms with Crippen LogP contribution in [0.15, 0.2) is 0 Å². The standard InChI is InChI=1S/C18H38O.C16H34O.4C6H8O7.3Na/c1-2-3-4-5-6-7-8-9-10-11-12-13-14-15-16-17-18-19;1-2-3-4-5-6-7-8-9-10-11-12-13-14-15-16-17;4*7-3(8)1-6(13,5(11)12)2-4(9)10;;;/h19H,2-18H2,1H3;17H,2-16H2,1H3;4*13H,1-2H2,(H,7,8)(H,9,10)(H,11,12);;;/q;;;;;;3*+1/p-3. The maximum absolute atomic E-state index is 10.3. The minimum atomic E-state index is -2.97. The van der Waals surface area contributed by atoms with E-state index in [1.807, 2.05) is 0 Å². The van der Waals surface area contributed by atoms with Crippen molar-refractivity contribution in [3.63, 3.8) is 0 Å². The van der Waals surface area contributed by atoms with Gasteiger partial charge in [-0.3, -0.25) is 28.8 Å². The number of aliphatic carboxylic acids is 12. The van der Waals surface area contributed by atoms with E-state index in [1.54, 1.807) is 0 Å². The predicted molar refractivity (Wildman–Crippen MR) is 305 cm³/mol. The summed E-state index contributed by atoms with van der Waals surface area (Å²) in [5.41, 5.74) is -11.2. The molecule has 0 heterocycles. The van der Waals surface area contributed by atoms with Gasteiger partial charge in [0.15, 0.2) is 16.8 Å². The van der Waals surface area contributed by atoms with Crippen LogP contribution >= 0.6 is 0 Å². The van der Waals surface area contributed by atoms with Crippen LogP contribution in [0.4, 0.5) is 0 Å². The van der Waals surface area contributed by atoms with Crippen molar-refractivity contribution in [2.75, 3.05) is 13.2 Å². The first-order chi connectivity index (χ1) is 40.9. The Morgan fingerprint density at radius 3 is 0.495 bits per heavy atom. The Bertz CT molecular complexity index is 1670. The molecule has 91 heavy (non-hydrogen) atoms. The topological polar surface area (TPSA) is 577 Å². The second-order valence-electron chi connectivity index (χ2n) is 21.2. The summed E-state index contributed by atoms with van der Waals surface area (Å²) in [7, 11) is 0. The quantitative estimate of drug-likeness (QED) is 0.0199. The van der Waals surface area contributed by atoms with E-state index in [4.69, 9.17) is 76.6 Å². The summed E-state index contributed by atoms with van der Waals surface area (Å²) in [6, 6.07) is 0. The molecule has 0 radical (unpaired) electrons. The molecule has 0 aromatic carbocycles. The van der Waals surface area contributed by atoms with Gasteiger partial charge in [-0.1, -0.05) is 194 Å². The van der Waals surface area contributed by atoms with Crippen LogP contribution in [0.3, 0.4) is 0 Å². The van der Waals surface area contributed by atoms with E-state index in [0.29, 0.717) is 13.2 Å². The van der Waals surface area contributed by atoms with Crippen molar-refractivity contribution in [2.24, 2.45) is 0 Å². The van der Waals surface area contributed by atoms with Crippen LogP contribution in [-0.2, 0) is 57.5 Å². The molecule has 0 unspecified atom stereocenters. The number of carboxylic acid groups (broad SMARTS) is 12. The van der Waals surface area contributed by atoms with Crippen LogP contribution in [0, 0.1) is 0 Å². The predicted octanol–water partition coefficient (Wildman–Crippen LogP) is -6.29. The molecule has 516 valence electrons. The fourth-order valence-corrected chi connectivity index (χ4v) is 7.79. The van der Waals surface area contributed by atoms with Crippen molar-refractivity contribution < 1.29 is 238 Å². The van der Waals surface area contributed by atoms with E-state index in [1.165, 1.54) is 180 Å². The van der Waals surface area contributed by atoms with Crippen molar-refractivity contribution in [2.45, 2.75) is 280 Å². The summed E-state index contributed by atoms with van der Waals surface area (Å²) in [5.74, 6) is -21.0. The molecular formula is C58H101Na3O30. The first-order valence-corrected chi connectivity index (χ1v) is 29.7. The summed E-state index contributed by atoms with van der Waals surface area (Å²) in [4.78, 5) is 121. The van der Waals surface area contributed by atoms with Crippen LogP contribution in [0.25, 0.3) is 0 Å². The van der Waals surface area contributed by atoms with Gasteiger partial charge in [0, 0.05) is 38.0 Å². The maximum Gasteiger partial charge on any atom is 1.00 e. The smallest absolute Gasteiger partial charge is 0.550 e. The largest absolute Gasteiger partial charge is 1.00 e. The molecule has 0 aliphatic carbocycles. The van der Waals surface area contributed by atoms with Crippen molar-refractivity contribution in [3.05, 3.63) is 0 Å². The molecule has 0 atom stereocenters. The zero-order chi connectivity index (χ0) is 69.2.